The van der Waals surface area contributed by atoms with E-state index in [4.69, 9.17) is 0 Å². The van der Waals surface area contributed by atoms with Crippen molar-refractivity contribution in [3.8, 4) is 0 Å². The van der Waals surface area contributed by atoms with Gasteiger partial charge in [-0.2, -0.15) is 5.10 Å². The maximum absolute atomic E-state index is 11.6. The van der Waals surface area contributed by atoms with E-state index >= 15 is 0 Å². The number of sulfonamides is 1. The summed E-state index contributed by atoms with van der Waals surface area (Å²) in [6.07, 6.45) is 6.90. The van der Waals surface area contributed by atoms with Gasteiger partial charge in [-0.05, 0) is 25.2 Å². The molecule has 0 bridgehead atoms. The summed E-state index contributed by atoms with van der Waals surface area (Å²) in [4.78, 5) is 0. The molecule has 0 amide bonds. The van der Waals surface area contributed by atoms with E-state index < -0.39 is 16.1 Å². The Labute approximate surface area is 120 Å². The highest BCUT2D eigenvalue weighted by Gasteiger charge is 2.26. The van der Waals surface area contributed by atoms with E-state index in [2.05, 4.69) is 5.10 Å². The number of hydrogen-bond acceptors (Lipinski definition) is 4. The molecule has 0 saturated carbocycles. The van der Waals surface area contributed by atoms with Crippen LogP contribution in [-0.4, -0.2) is 47.0 Å². The molecule has 1 fully saturated rings. The predicted octanol–water partition coefficient (Wildman–Crippen LogP) is 0.998. The van der Waals surface area contributed by atoms with E-state index in [1.54, 1.807) is 10.5 Å². The van der Waals surface area contributed by atoms with Gasteiger partial charge in [-0.3, -0.25) is 4.68 Å². The van der Waals surface area contributed by atoms with Crippen LogP contribution < -0.4 is 0 Å². The van der Waals surface area contributed by atoms with Gasteiger partial charge in [-0.25, -0.2) is 12.7 Å². The maximum atomic E-state index is 11.6. The second kappa shape index (κ2) is 6.24. The molecule has 1 aromatic heterocycles. The topological polar surface area (TPSA) is 75.4 Å². The number of nitrogens with zero attached hydrogens (tertiary/aromatic N) is 3. The third-order valence-electron chi connectivity index (χ3n) is 3.82. The zero-order valence-corrected chi connectivity index (χ0v) is 12.9. The first-order valence-corrected chi connectivity index (χ1v) is 8.90. The number of aromatic nitrogens is 2. The van der Waals surface area contributed by atoms with E-state index in [0.29, 0.717) is 26.1 Å². The summed E-state index contributed by atoms with van der Waals surface area (Å²) in [5.74, 6) is 0.282. The van der Waals surface area contributed by atoms with Gasteiger partial charge in [-0.1, -0.05) is 6.92 Å². The van der Waals surface area contributed by atoms with Gasteiger partial charge in [0.25, 0.3) is 0 Å². The number of aliphatic hydroxyl groups excluding tert-OH is 1. The van der Waals surface area contributed by atoms with Crippen molar-refractivity contribution in [3.05, 3.63) is 18.0 Å². The van der Waals surface area contributed by atoms with Crippen LogP contribution >= 0.6 is 0 Å². The molecule has 0 aliphatic carbocycles. The smallest absolute Gasteiger partial charge is 0.211 e. The summed E-state index contributed by atoms with van der Waals surface area (Å²) in [6.45, 7) is 3.80. The fourth-order valence-corrected chi connectivity index (χ4v) is 3.57. The minimum absolute atomic E-state index is 0.282. The molecule has 1 saturated heterocycles. The van der Waals surface area contributed by atoms with Gasteiger partial charge in [0.15, 0.2) is 0 Å². The molecule has 2 heterocycles. The van der Waals surface area contributed by atoms with Crippen LogP contribution in [-0.2, 0) is 16.6 Å². The molecule has 1 aliphatic heterocycles. The highest BCUT2D eigenvalue weighted by Crippen LogP contribution is 2.21. The summed E-state index contributed by atoms with van der Waals surface area (Å²) in [7, 11) is -3.10. The van der Waals surface area contributed by atoms with Gasteiger partial charge in [0.05, 0.1) is 18.6 Å². The lowest BCUT2D eigenvalue weighted by molar-refractivity contribution is 0.173. The molecule has 2 rings (SSSR count). The Kier molecular flexibility index (Phi) is 4.82. The van der Waals surface area contributed by atoms with Crippen LogP contribution in [0.1, 0.15) is 37.9 Å². The largest absolute Gasteiger partial charge is 0.388 e. The molecule has 1 aromatic rings. The van der Waals surface area contributed by atoms with Crippen LogP contribution in [0.2, 0.25) is 0 Å². The lowest BCUT2D eigenvalue weighted by Crippen LogP contribution is -2.40. The quantitative estimate of drug-likeness (QED) is 0.880. The first-order valence-electron chi connectivity index (χ1n) is 7.05. The van der Waals surface area contributed by atoms with E-state index in [1.807, 2.05) is 17.8 Å². The van der Waals surface area contributed by atoms with Gasteiger partial charge in [0.1, 0.15) is 0 Å². The molecule has 6 nitrogen and oxygen atoms in total. The summed E-state index contributed by atoms with van der Waals surface area (Å²) >= 11 is 0. The average molecular weight is 301 g/mol. The number of piperidine rings is 1. The Morgan fingerprint density at radius 1 is 1.55 bits per heavy atom. The van der Waals surface area contributed by atoms with Crippen LogP contribution in [0.25, 0.3) is 0 Å². The van der Waals surface area contributed by atoms with Crippen LogP contribution in [0.5, 0.6) is 0 Å². The highest BCUT2D eigenvalue weighted by molar-refractivity contribution is 7.88. The minimum Gasteiger partial charge on any atom is -0.388 e. The lowest BCUT2D eigenvalue weighted by Gasteiger charge is -2.30. The van der Waals surface area contributed by atoms with Crippen molar-refractivity contribution < 1.29 is 13.5 Å². The standard InChI is InChI=1S/C13H23N3O3S/c1-3-13(17)12-7-14-15(10-12)8-11-5-4-6-16(9-11)20(2,18)19/h7,10-11,13,17H,3-6,8-9H2,1-2H3. The normalized spacial score (nSPS) is 22.9. The number of rotatable bonds is 5. The Morgan fingerprint density at radius 2 is 2.30 bits per heavy atom. The van der Waals surface area contributed by atoms with E-state index in [9.17, 15) is 13.5 Å². The fraction of sp³-hybridized carbons (Fsp3) is 0.769. The first kappa shape index (κ1) is 15.5. The Bertz CT molecular complexity index is 541. The second-order valence-electron chi connectivity index (χ2n) is 5.55. The van der Waals surface area contributed by atoms with Crippen LogP contribution in [0.4, 0.5) is 0 Å². The van der Waals surface area contributed by atoms with E-state index in [1.165, 1.54) is 6.26 Å². The third kappa shape index (κ3) is 3.80. The van der Waals surface area contributed by atoms with Crippen molar-refractivity contribution in [3.63, 3.8) is 0 Å². The highest BCUT2D eigenvalue weighted by atomic mass is 32.2. The molecule has 2 atom stereocenters. The van der Waals surface area contributed by atoms with Crippen molar-refractivity contribution in [1.29, 1.82) is 0 Å². The van der Waals surface area contributed by atoms with Crippen molar-refractivity contribution >= 4 is 10.0 Å². The monoisotopic (exact) mass is 301 g/mol. The van der Waals surface area contributed by atoms with E-state index in [-0.39, 0.29) is 5.92 Å². The lowest BCUT2D eigenvalue weighted by atomic mass is 10.00. The van der Waals surface area contributed by atoms with Crippen LogP contribution in [0.15, 0.2) is 12.4 Å². The van der Waals surface area contributed by atoms with Crippen molar-refractivity contribution in [2.45, 2.75) is 38.8 Å². The second-order valence-corrected chi connectivity index (χ2v) is 7.53. The molecular weight excluding hydrogens is 278 g/mol. The molecule has 20 heavy (non-hydrogen) atoms. The first-order chi connectivity index (χ1) is 9.40. The van der Waals surface area contributed by atoms with Crippen molar-refractivity contribution in [2.24, 2.45) is 5.92 Å². The summed E-state index contributed by atoms with van der Waals surface area (Å²) in [6, 6.07) is 0. The van der Waals surface area contributed by atoms with Crippen molar-refractivity contribution in [1.82, 2.24) is 14.1 Å². The van der Waals surface area contributed by atoms with Gasteiger partial charge in [-0.15, -0.1) is 0 Å². The molecule has 0 spiro atoms. The molecular formula is C13H23N3O3S. The van der Waals surface area contributed by atoms with Crippen molar-refractivity contribution in [2.75, 3.05) is 19.3 Å². The SMILES string of the molecule is CCC(O)c1cnn(CC2CCCN(S(C)(=O)=O)C2)c1. The molecule has 0 radical (unpaired) electrons. The predicted molar refractivity (Wildman–Crippen MR) is 76.6 cm³/mol. The number of aliphatic hydroxyl groups is 1. The Balaban J connectivity index is 1.98. The Hall–Kier alpha value is -0.920. The summed E-state index contributed by atoms with van der Waals surface area (Å²) in [5, 5.41) is 14.0. The Morgan fingerprint density at radius 3 is 2.95 bits per heavy atom. The molecule has 7 heteroatoms. The summed E-state index contributed by atoms with van der Waals surface area (Å²) in [5.41, 5.74) is 0.822. The van der Waals surface area contributed by atoms with Crippen LogP contribution in [0.3, 0.4) is 0 Å². The maximum Gasteiger partial charge on any atom is 0.211 e. The van der Waals surface area contributed by atoms with E-state index in [0.717, 1.165) is 18.4 Å². The fourth-order valence-electron chi connectivity index (χ4n) is 2.63. The minimum atomic E-state index is -3.10. The van der Waals surface area contributed by atoms with Crippen LogP contribution in [0, 0.1) is 5.92 Å². The average Bonchev–Trinajstić information content (AvgIpc) is 2.85. The van der Waals surface area contributed by atoms with Gasteiger partial charge < -0.3 is 5.11 Å². The zero-order chi connectivity index (χ0) is 14.8. The molecule has 114 valence electrons. The molecule has 1 N–H and O–H groups in total. The molecule has 2 unspecified atom stereocenters. The van der Waals surface area contributed by atoms with Gasteiger partial charge in [0, 0.05) is 31.4 Å². The molecule has 0 aromatic carbocycles. The summed E-state index contributed by atoms with van der Waals surface area (Å²) < 4.78 is 26.5. The van der Waals surface area contributed by atoms with Gasteiger partial charge >= 0.3 is 0 Å². The van der Waals surface area contributed by atoms with Gasteiger partial charge in [0.2, 0.25) is 10.0 Å². The third-order valence-corrected chi connectivity index (χ3v) is 5.09. The number of hydrogen-bond donors (Lipinski definition) is 1. The molecule has 1 aliphatic rings. The zero-order valence-electron chi connectivity index (χ0n) is 12.1.